The molecule has 3 rings (SSSR count). The zero-order chi connectivity index (χ0) is 14.0. The molecule has 112 valence electrons. The molecule has 1 heterocycles. The molecule has 1 aliphatic rings. The molecule has 2 aromatic rings. The molecule has 0 aliphatic carbocycles. The quantitative estimate of drug-likeness (QED) is 0.862. The first-order valence-corrected chi connectivity index (χ1v) is 7.57. The van der Waals surface area contributed by atoms with Crippen LogP contribution in [-0.2, 0) is 5.41 Å². The third-order valence-corrected chi connectivity index (χ3v) is 4.63. The van der Waals surface area contributed by atoms with Crippen LogP contribution in [0.4, 0.5) is 0 Å². The van der Waals surface area contributed by atoms with E-state index in [1.807, 2.05) is 0 Å². The van der Waals surface area contributed by atoms with Gasteiger partial charge in [0.1, 0.15) is 0 Å². The molecule has 2 aromatic carbocycles. The standard InChI is InChI=1S/C19H23N.ClH/c1-15-8-10-18(11-9-15)19(12-13-20-16(2)14-19)17-6-4-3-5-7-17;/h3-11,16,20H,12-14H2,1-2H3;1H. The van der Waals surface area contributed by atoms with Crippen molar-refractivity contribution in [2.75, 3.05) is 6.54 Å². The lowest BCUT2D eigenvalue weighted by Crippen LogP contribution is -2.45. The molecule has 1 N–H and O–H groups in total. The Morgan fingerprint density at radius 3 is 2.19 bits per heavy atom. The van der Waals surface area contributed by atoms with Crippen molar-refractivity contribution in [1.29, 1.82) is 0 Å². The van der Waals surface area contributed by atoms with Crippen LogP contribution in [0.25, 0.3) is 0 Å². The summed E-state index contributed by atoms with van der Waals surface area (Å²) in [6, 6.07) is 20.7. The third kappa shape index (κ3) is 3.14. The van der Waals surface area contributed by atoms with E-state index < -0.39 is 0 Å². The zero-order valence-electron chi connectivity index (χ0n) is 12.8. The molecule has 1 nitrogen and oxygen atoms in total. The highest BCUT2D eigenvalue weighted by atomic mass is 35.5. The van der Waals surface area contributed by atoms with Crippen molar-refractivity contribution < 1.29 is 0 Å². The summed E-state index contributed by atoms with van der Waals surface area (Å²) in [6.45, 7) is 5.54. The number of aryl methyl sites for hydroxylation is 1. The van der Waals surface area contributed by atoms with Gasteiger partial charge in [-0.25, -0.2) is 0 Å². The van der Waals surface area contributed by atoms with Crippen molar-refractivity contribution in [3.8, 4) is 0 Å². The van der Waals surface area contributed by atoms with E-state index in [1.54, 1.807) is 0 Å². The number of rotatable bonds is 2. The first kappa shape index (κ1) is 16.1. The van der Waals surface area contributed by atoms with Gasteiger partial charge in [-0.15, -0.1) is 12.4 Å². The fourth-order valence-corrected chi connectivity index (χ4v) is 3.55. The van der Waals surface area contributed by atoms with Crippen molar-refractivity contribution in [2.45, 2.75) is 38.1 Å². The zero-order valence-corrected chi connectivity index (χ0v) is 13.6. The summed E-state index contributed by atoms with van der Waals surface area (Å²) in [5.41, 5.74) is 4.42. The van der Waals surface area contributed by atoms with Crippen LogP contribution in [-0.4, -0.2) is 12.6 Å². The van der Waals surface area contributed by atoms with Crippen LogP contribution in [0, 0.1) is 6.92 Å². The van der Waals surface area contributed by atoms with Crippen LogP contribution in [0.5, 0.6) is 0 Å². The van der Waals surface area contributed by atoms with Crippen LogP contribution in [0.15, 0.2) is 54.6 Å². The largest absolute Gasteiger partial charge is 0.314 e. The Hall–Kier alpha value is -1.31. The molecular weight excluding hydrogens is 278 g/mol. The van der Waals surface area contributed by atoms with Gasteiger partial charge in [0.2, 0.25) is 0 Å². The number of hydrogen-bond donors (Lipinski definition) is 1. The van der Waals surface area contributed by atoms with Crippen molar-refractivity contribution in [3.05, 3.63) is 71.3 Å². The normalized spacial score (nSPS) is 25.1. The maximum atomic E-state index is 3.59. The minimum Gasteiger partial charge on any atom is -0.314 e. The van der Waals surface area contributed by atoms with Gasteiger partial charge in [0, 0.05) is 11.5 Å². The van der Waals surface area contributed by atoms with E-state index in [4.69, 9.17) is 0 Å². The fourth-order valence-electron chi connectivity index (χ4n) is 3.55. The third-order valence-electron chi connectivity index (χ3n) is 4.63. The van der Waals surface area contributed by atoms with Crippen molar-refractivity contribution >= 4 is 12.4 Å². The first-order chi connectivity index (χ1) is 9.71. The number of halogens is 1. The molecule has 21 heavy (non-hydrogen) atoms. The second-order valence-corrected chi connectivity index (χ2v) is 6.12. The SMILES string of the molecule is Cc1ccc(C2(c3ccccc3)CCNC(C)C2)cc1.Cl. The van der Waals surface area contributed by atoms with Crippen LogP contribution in [0.1, 0.15) is 36.5 Å². The van der Waals surface area contributed by atoms with Crippen molar-refractivity contribution in [3.63, 3.8) is 0 Å². The summed E-state index contributed by atoms with van der Waals surface area (Å²) in [7, 11) is 0. The van der Waals surface area contributed by atoms with Gasteiger partial charge >= 0.3 is 0 Å². The Bertz CT molecular complexity index is 564. The van der Waals surface area contributed by atoms with E-state index in [0.29, 0.717) is 6.04 Å². The molecule has 0 amide bonds. The lowest BCUT2D eigenvalue weighted by molar-refractivity contribution is 0.304. The highest BCUT2D eigenvalue weighted by Gasteiger charge is 2.37. The predicted molar refractivity (Wildman–Crippen MR) is 92.3 cm³/mol. The Labute approximate surface area is 134 Å². The highest BCUT2D eigenvalue weighted by Crippen LogP contribution is 2.41. The van der Waals surface area contributed by atoms with E-state index in [-0.39, 0.29) is 17.8 Å². The topological polar surface area (TPSA) is 12.0 Å². The minimum absolute atomic E-state index is 0. The molecule has 1 saturated heterocycles. The van der Waals surface area contributed by atoms with E-state index >= 15 is 0 Å². The molecule has 0 radical (unpaired) electrons. The highest BCUT2D eigenvalue weighted by molar-refractivity contribution is 5.85. The van der Waals surface area contributed by atoms with E-state index in [0.717, 1.165) is 6.54 Å². The molecule has 1 aliphatic heterocycles. The Kier molecular flexibility index (Phi) is 5.08. The van der Waals surface area contributed by atoms with Crippen molar-refractivity contribution in [2.24, 2.45) is 0 Å². The van der Waals surface area contributed by atoms with Gasteiger partial charge in [0.05, 0.1) is 0 Å². The Morgan fingerprint density at radius 2 is 1.57 bits per heavy atom. The van der Waals surface area contributed by atoms with Gasteiger partial charge in [-0.1, -0.05) is 60.2 Å². The van der Waals surface area contributed by atoms with Gasteiger partial charge < -0.3 is 5.32 Å². The molecule has 1 fully saturated rings. The lowest BCUT2D eigenvalue weighted by Gasteiger charge is -2.42. The molecule has 2 unspecified atom stereocenters. The summed E-state index contributed by atoms with van der Waals surface area (Å²) < 4.78 is 0. The van der Waals surface area contributed by atoms with E-state index in [1.165, 1.54) is 29.5 Å². The van der Waals surface area contributed by atoms with Crippen LogP contribution >= 0.6 is 12.4 Å². The minimum atomic E-state index is 0. The van der Waals surface area contributed by atoms with Gasteiger partial charge in [-0.05, 0) is 44.4 Å². The Balaban J connectivity index is 0.00000161. The molecule has 2 atom stereocenters. The Morgan fingerprint density at radius 1 is 0.952 bits per heavy atom. The molecule has 2 heteroatoms. The van der Waals surface area contributed by atoms with E-state index in [9.17, 15) is 0 Å². The first-order valence-electron chi connectivity index (χ1n) is 7.57. The second kappa shape index (κ2) is 6.64. The van der Waals surface area contributed by atoms with Gasteiger partial charge in [-0.2, -0.15) is 0 Å². The maximum Gasteiger partial charge on any atom is 0.0229 e. The van der Waals surface area contributed by atoms with E-state index in [2.05, 4.69) is 73.8 Å². The number of nitrogens with one attached hydrogen (secondary N) is 1. The van der Waals surface area contributed by atoms with Crippen LogP contribution < -0.4 is 5.32 Å². The number of hydrogen-bond acceptors (Lipinski definition) is 1. The average Bonchev–Trinajstić information content (AvgIpc) is 2.49. The molecule has 0 aromatic heterocycles. The van der Waals surface area contributed by atoms with Crippen molar-refractivity contribution in [1.82, 2.24) is 5.32 Å². The monoisotopic (exact) mass is 301 g/mol. The van der Waals surface area contributed by atoms with Gasteiger partial charge in [-0.3, -0.25) is 0 Å². The molecule has 0 saturated carbocycles. The summed E-state index contributed by atoms with van der Waals surface area (Å²) in [5.74, 6) is 0. The summed E-state index contributed by atoms with van der Waals surface area (Å²) in [5, 5.41) is 3.59. The number of benzene rings is 2. The maximum absolute atomic E-state index is 3.59. The molecule has 0 bridgehead atoms. The van der Waals surface area contributed by atoms with Gasteiger partial charge in [0.25, 0.3) is 0 Å². The summed E-state index contributed by atoms with van der Waals surface area (Å²) >= 11 is 0. The predicted octanol–water partition coefficient (Wildman–Crippen LogP) is 4.47. The average molecular weight is 302 g/mol. The number of piperidine rings is 1. The van der Waals surface area contributed by atoms with Crippen LogP contribution in [0.2, 0.25) is 0 Å². The summed E-state index contributed by atoms with van der Waals surface area (Å²) in [6.07, 6.45) is 2.34. The smallest absolute Gasteiger partial charge is 0.0229 e. The van der Waals surface area contributed by atoms with Gasteiger partial charge in [0.15, 0.2) is 0 Å². The fraction of sp³-hybridized carbons (Fsp3) is 0.368. The lowest BCUT2D eigenvalue weighted by atomic mass is 9.66. The van der Waals surface area contributed by atoms with Crippen LogP contribution in [0.3, 0.4) is 0 Å². The molecule has 0 spiro atoms. The second-order valence-electron chi connectivity index (χ2n) is 6.12. The molecular formula is C19H24ClN. The summed E-state index contributed by atoms with van der Waals surface area (Å²) in [4.78, 5) is 0.